The molecule has 1 aliphatic rings. The Kier molecular flexibility index (Phi) is 5.09. The maximum absolute atomic E-state index is 13.0. The van der Waals surface area contributed by atoms with Crippen molar-refractivity contribution >= 4 is 23.2 Å². The fraction of sp³-hybridized carbons (Fsp3) is 0.421. The third-order valence-corrected chi connectivity index (χ3v) is 4.97. The molecule has 7 heteroatoms. The number of hydrogen-bond donors (Lipinski definition) is 0. The van der Waals surface area contributed by atoms with Gasteiger partial charge in [0.25, 0.3) is 0 Å². The molecular formula is C19H21FN2O3S. The number of thiazole rings is 1. The molecule has 1 aromatic carbocycles. The van der Waals surface area contributed by atoms with Gasteiger partial charge >= 0.3 is 6.09 Å². The minimum absolute atomic E-state index is 0.176. The molecule has 0 spiro atoms. The number of carbonyl (C=O) groups is 2. The number of benzene rings is 1. The van der Waals surface area contributed by atoms with Gasteiger partial charge in [0.2, 0.25) is 5.78 Å². The number of carbonyl (C=O) groups excluding carboxylic acids is 2. The molecule has 1 amide bonds. The molecule has 0 N–H and O–H groups in total. The Bertz CT molecular complexity index is 811. The zero-order valence-corrected chi connectivity index (χ0v) is 15.8. The number of halogens is 1. The largest absolute Gasteiger partial charge is 0.444 e. The first-order valence-electron chi connectivity index (χ1n) is 8.50. The lowest BCUT2D eigenvalue weighted by Crippen LogP contribution is -2.36. The van der Waals surface area contributed by atoms with Crippen molar-refractivity contribution in [2.45, 2.75) is 45.3 Å². The number of rotatable bonds is 3. The Morgan fingerprint density at radius 1 is 1.27 bits per heavy atom. The molecule has 1 saturated heterocycles. The Labute approximate surface area is 155 Å². The zero-order chi connectivity index (χ0) is 18.9. The Hall–Kier alpha value is -2.28. The van der Waals surface area contributed by atoms with Crippen molar-refractivity contribution in [3.8, 4) is 0 Å². The van der Waals surface area contributed by atoms with Gasteiger partial charge in [-0.15, -0.1) is 11.3 Å². The first kappa shape index (κ1) is 18.5. The predicted molar refractivity (Wildman–Crippen MR) is 96.9 cm³/mol. The molecule has 1 atom stereocenters. The number of hydrogen-bond acceptors (Lipinski definition) is 5. The van der Waals surface area contributed by atoms with Gasteiger partial charge in [0, 0.05) is 17.5 Å². The summed E-state index contributed by atoms with van der Waals surface area (Å²) in [6, 6.07) is 5.21. The van der Waals surface area contributed by atoms with Gasteiger partial charge < -0.3 is 4.74 Å². The van der Waals surface area contributed by atoms with E-state index in [1.54, 1.807) is 10.3 Å². The van der Waals surface area contributed by atoms with E-state index in [1.807, 2.05) is 20.8 Å². The molecule has 1 aliphatic heterocycles. The van der Waals surface area contributed by atoms with Crippen LogP contribution >= 0.6 is 11.3 Å². The molecule has 2 aromatic rings. The number of ether oxygens (including phenoxy) is 1. The zero-order valence-electron chi connectivity index (χ0n) is 15.0. The molecule has 1 unspecified atom stereocenters. The number of ketones is 1. The highest BCUT2D eigenvalue weighted by Crippen LogP contribution is 2.35. The summed E-state index contributed by atoms with van der Waals surface area (Å²) < 4.78 is 18.5. The summed E-state index contributed by atoms with van der Waals surface area (Å²) in [6.07, 6.45) is 1.29. The van der Waals surface area contributed by atoms with Crippen molar-refractivity contribution in [1.29, 1.82) is 0 Å². The molecule has 1 aromatic heterocycles. The van der Waals surface area contributed by atoms with Gasteiger partial charge in [0.05, 0.1) is 6.04 Å². The molecular weight excluding hydrogens is 355 g/mol. The van der Waals surface area contributed by atoms with Gasteiger partial charge in [-0.05, 0) is 57.9 Å². The van der Waals surface area contributed by atoms with Crippen LogP contribution in [0.2, 0.25) is 0 Å². The van der Waals surface area contributed by atoms with E-state index in [0.717, 1.165) is 17.8 Å². The van der Waals surface area contributed by atoms with Crippen molar-refractivity contribution in [2.75, 3.05) is 6.54 Å². The number of nitrogens with zero attached hydrogens (tertiary/aromatic N) is 2. The van der Waals surface area contributed by atoms with Crippen LogP contribution in [0.5, 0.6) is 0 Å². The van der Waals surface area contributed by atoms with Gasteiger partial charge in [-0.1, -0.05) is 0 Å². The predicted octanol–water partition coefficient (Wildman–Crippen LogP) is 4.59. The SMILES string of the molecule is CC(C)(C)OC(=O)N1CCCC1c1nc(C(=O)c2ccc(F)cc2)cs1. The average molecular weight is 376 g/mol. The van der Waals surface area contributed by atoms with E-state index in [4.69, 9.17) is 4.74 Å². The van der Waals surface area contributed by atoms with Crippen molar-refractivity contribution in [3.05, 3.63) is 51.7 Å². The smallest absolute Gasteiger partial charge is 0.410 e. The molecule has 0 bridgehead atoms. The quantitative estimate of drug-likeness (QED) is 0.736. The van der Waals surface area contributed by atoms with Crippen LogP contribution in [-0.2, 0) is 4.74 Å². The van der Waals surface area contributed by atoms with Gasteiger partial charge in [-0.3, -0.25) is 9.69 Å². The third kappa shape index (κ3) is 4.09. The molecule has 1 fully saturated rings. The highest BCUT2D eigenvalue weighted by atomic mass is 32.1. The van der Waals surface area contributed by atoms with E-state index >= 15 is 0 Å². The van der Waals surface area contributed by atoms with Crippen LogP contribution in [0.15, 0.2) is 29.6 Å². The summed E-state index contributed by atoms with van der Waals surface area (Å²) in [5.41, 5.74) is 0.142. The van der Waals surface area contributed by atoms with E-state index < -0.39 is 5.60 Å². The maximum atomic E-state index is 13.0. The van der Waals surface area contributed by atoms with Crippen LogP contribution in [-0.4, -0.2) is 33.9 Å². The van der Waals surface area contributed by atoms with Gasteiger partial charge in [0.1, 0.15) is 22.1 Å². The molecule has 5 nitrogen and oxygen atoms in total. The van der Waals surface area contributed by atoms with E-state index in [9.17, 15) is 14.0 Å². The summed E-state index contributed by atoms with van der Waals surface area (Å²) in [7, 11) is 0. The number of aromatic nitrogens is 1. The Morgan fingerprint density at radius 2 is 1.96 bits per heavy atom. The van der Waals surface area contributed by atoms with Crippen molar-refractivity contribution in [1.82, 2.24) is 9.88 Å². The number of likely N-dealkylation sites (tertiary alicyclic amines) is 1. The van der Waals surface area contributed by atoms with Crippen LogP contribution in [0.3, 0.4) is 0 Å². The van der Waals surface area contributed by atoms with Crippen LogP contribution in [0.25, 0.3) is 0 Å². The van der Waals surface area contributed by atoms with Gasteiger partial charge in [-0.2, -0.15) is 0 Å². The summed E-state index contributed by atoms with van der Waals surface area (Å²) in [6.45, 7) is 6.11. The normalized spacial score (nSPS) is 17.4. The Balaban J connectivity index is 1.77. The molecule has 26 heavy (non-hydrogen) atoms. The summed E-state index contributed by atoms with van der Waals surface area (Å²) >= 11 is 1.36. The lowest BCUT2D eigenvalue weighted by Gasteiger charge is -2.27. The van der Waals surface area contributed by atoms with E-state index in [2.05, 4.69) is 4.98 Å². The van der Waals surface area contributed by atoms with Crippen molar-refractivity contribution in [3.63, 3.8) is 0 Å². The number of amides is 1. The fourth-order valence-electron chi connectivity index (χ4n) is 2.86. The van der Waals surface area contributed by atoms with E-state index in [0.29, 0.717) is 17.8 Å². The van der Waals surface area contributed by atoms with Gasteiger partial charge in [-0.25, -0.2) is 14.2 Å². The highest BCUT2D eigenvalue weighted by molar-refractivity contribution is 7.10. The first-order chi connectivity index (χ1) is 12.2. The highest BCUT2D eigenvalue weighted by Gasteiger charge is 2.35. The second kappa shape index (κ2) is 7.15. The average Bonchev–Trinajstić information content (AvgIpc) is 3.22. The third-order valence-electron chi connectivity index (χ3n) is 4.03. The minimum atomic E-state index is -0.559. The van der Waals surface area contributed by atoms with E-state index in [1.165, 1.54) is 35.6 Å². The molecule has 2 heterocycles. The molecule has 0 radical (unpaired) electrons. The summed E-state index contributed by atoms with van der Waals surface area (Å²) in [5.74, 6) is -0.645. The minimum Gasteiger partial charge on any atom is -0.444 e. The van der Waals surface area contributed by atoms with Crippen LogP contribution < -0.4 is 0 Å². The molecule has 3 rings (SSSR count). The van der Waals surface area contributed by atoms with Gasteiger partial charge in [0.15, 0.2) is 0 Å². The maximum Gasteiger partial charge on any atom is 0.410 e. The lowest BCUT2D eigenvalue weighted by atomic mass is 10.1. The second-order valence-electron chi connectivity index (χ2n) is 7.24. The molecule has 0 aliphatic carbocycles. The van der Waals surface area contributed by atoms with E-state index in [-0.39, 0.29) is 23.7 Å². The molecule has 0 saturated carbocycles. The summed E-state index contributed by atoms with van der Waals surface area (Å²) in [5, 5.41) is 2.41. The van der Waals surface area contributed by atoms with Crippen LogP contribution in [0.4, 0.5) is 9.18 Å². The monoisotopic (exact) mass is 376 g/mol. The van der Waals surface area contributed by atoms with Crippen molar-refractivity contribution < 1.29 is 18.7 Å². The van der Waals surface area contributed by atoms with Crippen molar-refractivity contribution in [2.24, 2.45) is 0 Å². The van der Waals surface area contributed by atoms with Crippen LogP contribution in [0.1, 0.15) is 60.7 Å². The Morgan fingerprint density at radius 3 is 2.62 bits per heavy atom. The lowest BCUT2D eigenvalue weighted by molar-refractivity contribution is 0.0224. The fourth-order valence-corrected chi connectivity index (χ4v) is 3.80. The molecule has 138 valence electrons. The summed E-state index contributed by atoms with van der Waals surface area (Å²) in [4.78, 5) is 31.0. The first-order valence-corrected chi connectivity index (χ1v) is 9.38. The topological polar surface area (TPSA) is 59.5 Å². The second-order valence-corrected chi connectivity index (χ2v) is 8.13. The van der Waals surface area contributed by atoms with Crippen LogP contribution in [0, 0.1) is 5.82 Å². The standard InChI is InChI=1S/C19H21FN2O3S/c1-19(2,3)25-18(24)22-10-4-5-15(22)17-21-14(11-26-17)16(23)12-6-8-13(20)9-7-12/h6-9,11,15H,4-5,10H2,1-3H3.